The predicted octanol–water partition coefficient (Wildman–Crippen LogP) is 3.02. The lowest BCUT2D eigenvalue weighted by molar-refractivity contribution is 0.158. The zero-order valence-electron chi connectivity index (χ0n) is 16.0. The third kappa shape index (κ3) is 4.42. The molecule has 1 aliphatic rings. The smallest absolute Gasteiger partial charge is 0.259 e. The number of nitrogens with zero attached hydrogens (tertiary/aromatic N) is 6. The summed E-state index contributed by atoms with van der Waals surface area (Å²) in [5.74, 6) is 2.01. The molecule has 1 unspecified atom stereocenters. The zero-order valence-corrected chi connectivity index (χ0v) is 16.0. The van der Waals surface area contributed by atoms with E-state index < -0.39 is 0 Å². The molecule has 1 atom stereocenters. The number of aromatic nitrogens is 5. The first-order valence-electron chi connectivity index (χ1n) is 9.62. The maximum Gasteiger partial charge on any atom is 0.259 e. The summed E-state index contributed by atoms with van der Waals surface area (Å²) >= 11 is 0. The fraction of sp³-hybridized carbons (Fsp3) is 0.500. The molecule has 1 aliphatic heterocycles. The fourth-order valence-corrected chi connectivity index (χ4v) is 3.87. The second-order valence-electron chi connectivity index (χ2n) is 7.44. The van der Waals surface area contributed by atoms with Gasteiger partial charge in [-0.05, 0) is 56.8 Å². The molecule has 0 radical (unpaired) electrons. The van der Waals surface area contributed by atoms with E-state index in [0.717, 1.165) is 49.6 Å². The molecule has 0 aromatic carbocycles. The summed E-state index contributed by atoms with van der Waals surface area (Å²) in [6.45, 7) is 5.31. The van der Waals surface area contributed by atoms with Crippen molar-refractivity contribution < 1.29 is 4.52 Å². The molecule has 1 fully saturated rings. The summed E-state index contributed by atoms with van der Waals surface area (Å²) in [5.41, 5.74) is 3.24. The molecule has 3 aromatic heterocycles. The van der Waals surface area contributed by atoms with Crippen LogP contribution in [0.2, 0.25) is 0 Å². The number of piperidine rings is 1. The van der Waals surface area contributed by atoms with E-state index in [1.165, 1.54) is 18.5 Å². The van der Waals surface area contributed by atoms with E-state index in [9.17, 15) is 0 Å². The van der Waals surface area contributed by atoms with Gasteiger partial charge in [0.25, 0.3) is 5.89 Å². The van der Waals surface area contributed by atoms with Gasteiger partial charge in [-0.15, -0.1) is 0 Å². The highest BCUT2D eigenvalue weighted by Crippen LogP contribution is 2.23. The number of hydrogen-bond acceptors (Lipinski definition) is 6. The summed E-state index contributed by atoms with van der Waals surface area (Å²) < 4.78 is 7.38. The van der Waals surface area contributed by atoms with Crippen LogP contribution in [0.4, 0.5) is 0 Å². The quantitative estimate of drug-likeness (QED) is 0.668. The zero-order chi connectivity index (χ0) is 18.6. The van der Waals surface area contributed by atoms with Gasteiger partial charge in [0, 0.05) is 39.0 Å². The van der Waals surface area contributed by atoms with Crippen molar-refractivity contribution in [2.45, 2.75) is 39.2 Å². The highest BCUT2D eigenvalue weighted by atomic mass is 16.5. The normalized spacial score (nSPS) is 18.1. The first-order valence-corrected chi connectivity index (χ1v) is 9.62. The van der Waals surface area contributed by atoms with E-state index >= 15 is 0 Å². The van der Waals surface area contributed by atoms with E-state index in [1.54, 1.807) is 12.4 Å². The molecule has 3 aromatic rings. The Morgan fingerprint density at radius 1 is 1.33 bits per heavy atom. The Hall–Kier alpha value is -2.54. The highest BCUT2D eigenvalue weighted by Gasteiger charge is 2.21. The molecule has 142 valence electrons. The van der Waals surface area contributed by atoms with E-state index in [4.69, 9.17) is 4.52 Å². The van der Waals surface area contributed by atoms with Crippen molar-refractivity contribution in [2.75, 3.05) is 13.1 Å². The van der Waals surface area contributed by atoms with Crippen LogP contribution < -0.4 is 0 Å². The van der Waals surface area contributed by atoms with E-state index in [0.29, 0.717) is 11.8 Å². The summed E-state index contributed by atoms with van der Waals surface area (Å²) in [5, 5.41) is 8.60. The van der Waals surface area contributed by atoms with Gasteiger partial charge in [-0.1, -0.05) is 5.16 Å². The molecule has 1 saturated heterocycles. The van der Waals surface area contributed by atoms with Crippen molar-refractivity contribution in [2.24, 2.45) is 13.0 Å². The van der Waals surface area contributed by atoms with E-state index in [2.05, 4.69) is 31.2 Å². The lowest BCUT2D eigenvalue weighted by Crippen LogP contribution is -2.35. The van der Waals surface area contributed by atoms with E-state index in [1.807, 2.05) is 30.8 Å². The molecule has 0 saturated carbocycles. The van der Waals surface area contributed by atoms with Gasteiger partial charge in [0.05, 0.1) is 17.0 Å². The molecule has 0 aliphatic carbocycles. The van der Waals surface area contributed by atoms with Crippen LogP contribution in [0.25, 0.3) is 11.5 Å². The SMILES string of the molecule is Cc1cc(CN2CCCC(CCc3noc(-c4cccnc4)n3)C2)n(C)n1. The average molecular weight is 366 g/mol. The van der Waals surface area contributed by atoms with Crippen molar-refractivity contribution in [3.05, 3.63) is 47.8 Å². The number of aryl methyl sites for hydroxylation is 3. The van der Waals surface area contributed by atoms with Gasteiger partial charge < -0.3 is 4.52 Å². The topological polar surface area (TPSA) is 72.9 Å². The van der Waals surface area contributed by atoms with Crippen LogP contribution >= 0.6 is 0 Å². The number of hydrogen-bond donors (Lipinski definition) is 0. The van der Waals surface area contributed by atoms with Crippen molar-refractivity contribution in [1.82, 2.24) is 29.8 Å². The van der Waals surface area contributed by atoms with Crippen LogP contribution in [0.5, 0.6) is 0 Å². The van der Waals surface area contributed by atoms with Crippen LogP contribution in [-0.4, -0.2) is 42.9 Å². The molecular weight excluding hydrogens is 340 g/mol. The van der Waals surface area contributed by atoms with Crippen molar-refractivity contribution >= 4 is 0 Å². The first-order chi connectivity index (χ1) is 13.2. The molecule has 0 amide bonds. The van der Waals surface area contributed by atoms with Gasteiger partial charge in [0.15, 0.2) is 5.82 Å². The minimum Gasteiger partial charge on any atom is -0.334 e. The molecule has 4 heterocycles. The van der Waals surface area contributed by atoms with Crippen LogP contribution in [-0.2, 0) is 20.0 Å². The Labute approximate surface area is 159 Å². The second kappa shape index (κ2) is 8.00. The van der Waals surface area contributed by atoms with Crippen LogP contribution in [0.1, 0.15) is 36.5 Å². The van der Waals surface area contributed by atoms with Crippen molar-refractivity contribution in [3.8, 4) is 11.5 Å². The van der Waals surface area contributed by atoms with E-state index in [-0.39, 0.29) is 0 Å². The Morgan fingerprint density at radius 3 is 3.04 bits per heavy atom. The summed E-state index contributed by atoms with van der Waals surface area (Å²) in [4.78, 5) is 11.2. The number of likely N-dealkylation sites (tertiary alicyclic amines) is 1. The maximum absolute atomic E-state index is 5.38. The van der Waals surface area contributed by atoms with Crippen LogP contribution in [0, 0.1) is 12.8 Å². The number of rotatable bonds is 6. The standard InChI is InChI=1S/C20H26N6O/c1-15-11-18(25(2)23-15)14-26-10-4-5-16(13-26)7-8-19-22-20(27-24-19)17-6-3-9-21-12-17/h3,6,9,11-12,16H,4-5,7-8,10,13-14H2,1-2H3. The summed E-state index contributed by atoms with van der Waals surface area (Å²) in [6.07, 6.45) is 7.95. The predicted molar refractivity (Wildman–Crippen MR) is 102 cm³/mol. The lowest BCUT2D eigenvalue weighted by Gasteiger charge is -2.32. The summed E-state index contributed by atoms with van der Waals surface area (Å²) in [7, 11) is 2.03. The van der Waals surface area contributed by atoms with Gasteiger partial charge >= 0.3 is 0 Å². The van der Waals surface area contributed by atoms with Crippen molar-refractivity contribution in [1.29, 1.82) is 0 Å². The fourth-order valence-electron chi connectivity index (χ4n) is 3.87. The van der Waals surface area contributed by atoms with Gasteiger partial charge in [-0.3, -0.25) is 14.6 Å². The minimum absolute atomic E-state index is 0.551. The molecule has 0 N–H and O–H groups in total. The average Bonchev–Trinajstić information content (AvgIpc) is 3.27. The van der Waals surface area contributed by atoms with Gasteiger partial charge in [-0.2, -0.15) is 10.1 Å². The molecule has 0 bridgehead atoms. The van der Waals surface area contributed by atoms with Crippen LogP contribution in [0.15, 0.2) is 35.1 Å². The van der Waals surface area contributed by atoms with Crippen LogP contribution in [0.3, 0.4) is 0 Å². The Morgan fingerprint density at radius 2 is 2.26 bits per heavy atom. The third-order valence-electron chi connectivity index (χ3n) is 5.24. The highest BCUT2D eigenvalue weighted by molar-refractivity contribution is 5.50. The third-order valence-corrected chi connectivity index (χ3v) is 5.24. The lowest BCUT2D eigenvalue weighted by atomic mass is 9.93. The monoisotopic (exact) mass is 366 g/mol. The Kier molecular flexibility index (Phi) is 5.29. The first kappa shape index (κ1) is 17.9. The molecule has 7 nitrogen and oxygen atoms in total. The minimum atomic E-state index is 0.551. The Balaban J connectivity index is 1.31. The van der Waals surface area contributed by atoms with Crippen molar-refractivity contribution in [3.63, 3.8) is 0 Å². The molecular formula is C20H26N6O. The largest absolute Gasteiger partial charge is 0.334 e. The van der Waals surface area contributed by atoms with Gasteiger partial charge in [0.2, 0.25) is 0 Å². The molecule has 27 heavy (non-hydrogen) atoms. The van der Waals surface area contributed by atoms with Gasteiger partial charge in [-0.25, -0.2) is 0 Å². The van der Waals surface area contributed by atoms with Gasteiger partial charge in [0.1, 0.15) is 0 Å². The maximum atomic E-state index is 5.38. The molecule has 7 heteroatoms. The molecule has 0 spiro atoms. The second-order valence-corrected chi connectivity index (χ2v) is 7.44. The Bertz CT molecular complexity index is 872. The summed E-state index contributed by atoms with van der Waals surface area (Å²) in [6, 6.07) is 5.99. The number of pyridine rings is 1. The molecule has 4 rings (SSSR count).